The number of carbonyl (C=O) groups excluding carboxylic acids is 2. The third-order valence-electron chi connectivity index (χ3n) is 3.47. The van der Waals surface area contributed by atoms with Crippen molar-refractivity contribution in [2.45, 2.75) is 51.9 Å². The first kappa shape index (κ1) is 20.9. The van der Waals surface area contributed by atoms with Crippen LogP contribution in [-0.2, 0) is 20.9 Å². The van der Waals surface area contributed by atoms with Gasteiger partial charge in [0.2, 0.25) is 0 Å². The van der Waals surface area contributed by atoms with E-state index in [2.05, 4.69) is 10.1 Å². The molecule has 7 heteroatoms. The van der Waals surface area contributed by atoms with Crippen LogP contribution in [0.25, 0.3) is 0 Å². The summed E-state index contributed by atoms with van der Waals surface area (Å²) in [5.74, 6) is 5.65. The molecule has 0 aromatic heterocycles. The number of nitrogens with two attached hydrogens (primary N) is 1. The first-order valence-corrected chi connectivity index (χ1v) is 8.38. The minimum Gasteiger partial charge on any atom is -0.462 e. The SMILES string of the molecule is CC(C)(C)OC=O.NN1CCC(NC(=O)OCc2ccccc2)CC1. The van der Waals surface area contributed by atoms with Crippen LogP contribution in [0.4, 0.5) is 4.79 Å². The molecule has 0 aliphatic carbocycles. The van der Waals surface area contributed by atoms with E-state index >= 15 is 0 Å². The third kappa shape index (κ3) is 10.4. The van der Waals surface area contributed by atoms with Crippen LogP contribution in [0.1, 0.15) is 39.2 Å². The van der Waals surface area contributed by atoms with Gasteiger partial charge < -0.3 is 14.8 Å². The predicted molar refractivity (Wildman–Crippen MR) is 95.4 cm³/mol. The molecule has 1 aromatic rings. The van der Waals surface area contributed by atoms with Crippen LogP contribution < -0.4 is 11.2 Å². The lowest BCUT2D eigenvalue weighted by Crippen LogP contribution is -2.47. The number of carbonyl (C=O) groups is 2. The monoisotopic (exact) mass is 351 g/mol. The van der Waals surface area contributed by atoms with E-state index in [0.717, 1.165) is 31.5 Å². The van der Waals surface area contributed by atoms with Crippen LogP contribution >= 0.6 is 0 Å². The zero-order chi connectivity index (χ0) is 18.7. The summed E-state index contributed by atoms with van der Waals surface area (Å²) in [4.78, 5) is 21.2. The van der Waals surface area contributed by atoms with E-state index in [9.17, 15) is 9.59 Å². The van der Waals surface area contributed by atoms with Crippen LogP contribution in [-0.4, -0.2) is 42.3 Å². The summed E-state index contributed by atoms with van der Waals surface area (Å²) in [5.41, 5.74) is 0.673. The quantitative estimate of drug-likeness (QED) is 0.638. The van der Waals surface area contributed by atoms with Crippen molar-refractivity contribution in [1.29, 1.82) is 0 Å². The van der Waals surface area contributed by atoms with Gasteiger partial charge in [-0.2, -0.15) is 0 Å². The summed E-state index contributed by atoms with van der Waals surface area (Å²) in [6, 6.07) is 9.82. The lowest BCUT2D eigenvalue weighted by atomic mass is 10.1. The van der Waals surface area contributed by atoms with Gasteiger partial charge in [-0.05, 0) is 39.2 Å². The van der Waals surface area contributed by atoms with Gasteiger partial charge in [0.05, 0.1) is 0 Å². The van der Waals surface area contributed by atoms with Crippen molar-refractivity contribution < 1.29 is 19.1 Å². The Hall–Kier alpha value is -2.12. The maximum atomic E-state index is 11.6. The van der Waals surface area contributed by atoms with Gasteiger partial charge in [-0.3, -0.25) is 10.6 Å². The summed E-state index contributed by atoms with van der Waals surface area (Å²) in [7, 11) is 0. The summed E-state index contributed by atoms with van der Waals surface area (Å²) >= 11 is 0. The van der Waals surface area contributed by atoms with Gasteiger partial charge in [-0.25, -0.2) is 9.80 Å². The number of alkyl carbamates (subject to hydrolysis) is 1. The van der Waals surface area contributed by atoms with Crippen LogP contribution in [0.5, 0.6) is 0 Å². The summed E-state index contributed by atoms with van der Waals surface area (Å²) in [6.45, 7) is 7.85. The van der Waals surface area contributed by atoms with E-state index < -0.39 is 0 Å². The van der Waals surface area contributed by atoms with E-state index in [0.29, 0.717) is 13.1 Å². The lowest BCUT2D eigenvalue weighted by molar-refractivity contribution is -0.138. The second-order valence-corrected chi connectivity index (χ2v) is 6.84. The minimum atomic E-state index is -0.352. The molecular formula is C18H29N3O4. The van der Waals surface area contributed by atoms with Crippen LogP contribution in [0.15, 0.2) is 30.3 Å². The number of amides is 1. The first-order chi connectivity index (χ1) is 11.8. The third-order valence-corrected chi connectivity index (χ3v) is 3.47. The molecule has 1 heterocycles. The predicted octanol–water partition coefficient (Wildman–Crippen LogP) is 2.21. The molecule has 1 fully saturated rings. The number of nitrogens with one attached hydrogen (secondary N) is 1. The Kier molecular flexibility index (Phi) is 8.94. The van der Waals surface area contributed by atoms with E-state index in [1.54, 1.807) is 5.01 Å². The molecule has 0 saturated carbocycles. The zero-order valence-electron chi connectivity index (χ0n) is 15.2. The van der Waals surface area contributed by atoms with Crippen molar-refractivity contribution in [3.05, 3.63) is 35.9 Å². The molecule has 140 valence electrons. The van der Waals surface area contributed by atoms with Crippen molar-refractivity contribution in [1.82, 2.24) is 10.3 Å². The average Bonchev–Trinajstić information content (AvgIpc) is 2.56. The van der Waals surface area contributed by atoms with Crippen molar-refractivity contribution in [3.8, 4) is 0 Å². The largest absolute Gasteiger partial charge is 0.462 e. The van der Waals surface area contributed by atoms with Crippen molar-refractivity contribution in [3.63, 3.8) is 0 Å². The standard InChI is InChI=1S/C13H19N3O2.C5H10O2/c14-16-8-6-12(7-9-16)15-13(17)18-10-11-4-2-1-3-5-11;1-5(2,3)7-4-6/h1-5,12H,6-10,14H2,(H,15,17);4H,1-3H3. The maximum Gasteiger partial charge on any atom is 0.407 e. The molecule has 1 amide bonds. The summed E-state index contributed by atoms with van der Waals surface area (Å²) in [6.07, 6.45) is 1.39. The van der Waals surface area contributed by atoms with E-state index in [-0.39, 0.29) is 17.7 Å². The highest BCUT2D eigenvalue weighted by molar-refractivity contribution is 5.67. The smallest absolute Gasteiger partial charge is 0.407 e. The van der Waals surface area contributed by atoms with Gasteiger partial charge >= 0.3 is 6.09 Å². The summed E-state index contributed by atoms with van der Waals surface area (Å²) in [5, 5.41) is 4.64. The molecule has 1 aliphatic rings. The molecule has 0 spiro atoms. The Morgan fingerprint density at radius 2 is 1.88 bits per heavy atom. The second-order valence-electron chi connectivity index (χ2n) is 6.84. The lowest BCUT2D eigenvalue weighted by Gasteiger charge is -2.28. The average molecular weight is 351 g/mol. The van der Waals surface area contributed by atoms with Crippen LogP contribution in [0.2, 0.25) is 0 Å². The Balaban J connectivity index is 0.000000381. The fourth-order valence-corrected chi connectivity index (χ4v) is 2.12. The Labute approximate surface area is 149 Å². The van der Waals surface area contributed by atoms with Crippen molar-refractivity contribution in [2.24, 2.45) is 5.84 Å². The molecule has 0 unspecified atom stereocenters. The fourth-order valence-electron chi connectivity index (χ4n) is 2.12. The normalized spacial score (nSPS) is 15.5. The fraction of sp³-hybridized carbons (Fsp3) is 0.556. The highest BCUT2D eigenvalue weighted by Gasteiger charge is 2.19. The number of benzene rings is 1. The van der Waals surface area contributed by atoms with Gasteiger partial charge in [0.15, 0.2) is 0 Å². The molecule has 0 atom stereocenters. The highest BCUT2D eigenvalue weighted by atomic mass is 16.5. The van der Waals surface area contributed by atoms with E-state index in [4.69, 9.17) is 10.6 Å². The molecule has 25 heavy (non-hydrogen) atoms. The Bertz CT molecular complexity index is 509. The molecular weight excluding hydrogens is 322 g/mol. The Morgan fingerprint density at radius 1 is 1.28 bits per heavy atom. The molecule has 1 aromatic carbocycles. The number of piperidine rings is 1. The minimum absolute atomic E-state index is 0.174. The molecule has 0 bridgehead atoms. The molecule has 7 nitrogen and oxygen atoms in total. The number of nitrogens with zero attached hydrogens (tertiary/aromatic N) is 1. The number of ether oxygens (including phenoxy) is 2. The number of hydrogen-bond donors (Lipinski definition) is 2. The second kappa shape index (κ2) is 10.7. The van der Waals surface area contributed by atoms with Gasteiger partial charge in [-0.1, -0.05) is 30.3 Å². The Morgan fingerprint density at radius 3 is 2.36 bits per heavy atom. The van der Waals surface area contributed by atoms with Gasteiger partial charge in [0.25, 0.3) is 6.47 Å². The zero-order valence-corrected chi connectivity index (χ0v) is 15.2. The first-order valence-electron chi connectivity index (χ1n) is 8.38. The van der Waals surface area contributed by atoms with Gasteiger partial charge in [-0.15, -0.1) is 0 Å². The number of hydrazine groups is 1. The number of rotatable bonds is 4. The topological polar surface area (TPSA) is 93.9 Å². The van der Waals surface area contributed by atoms with E-state index in [1.165, 1.54) is 0 Å². The van der Waals surface area contributed by atoms with Gasteiger partial charge in [0.1, 0.15) is 12.2 Å². The van der Waals surface area contributed by atoms with Gasteiger partial charge in [0, 0.05) is 19.1 Å². The maximum absolute atomic E-state index is 11.6. The van der Waals surface area contributed by atoms with Crippen LogP contribution in [0.3, 0.4) is 0 Å². The number of hydrogen-bond acceptors (Lipinski definition) is 6. The molecule has 0 radical (unpaired) electrons. The molecule has 1 aliphatic heterocycles. The van der Waals surface area contributed by atoms with Crippen molar-refractivity contribution in [2.75, 3.05) is 13.1 Å². The van der Waals surface area contributed by atoms with E-state index in [1.807, 2.05) is 51.1 Å². The summed E-state index contributed by atoms with van der Waals surface area (Å²) < 4.78 is 9.71. The molecule has 2 rings (SSSR count). The van der Waals surface area contributed by atoms with Crippen LogP contribution in [0, 0.1) is 0 Å². The molecule has 3 N–H and O–H groups in total. The molecule has 1 saturated heterocycles. The van der Waals surface area contributed by atoms with Crippen molar-refractivity contribution >= 4 is 12.6 Å². The highest BCUT2D eigenvalue weighted by Crippen LogP contribution is 2.07.